The Morgan fingerprint density at radius 1 is 1.03 bits per heavy atom. The highest BCUT2D eigenvalue weighted by atomic mass is 16.6. The monoisotopic (exact) mass is 406 g/mol. The molecule has 4 atom stereocenters. The number of amides is 1. The van der Waals surface area contributed by atoms with E-state index in [0.717, 1.165) is 49.1 Å². The number of methoxy groups -OCH3 is 1. The van der Waals surface area contributed by atoms with Gasteiger partial charge in [0, 0.05) is 17.8 Å². The molecule has 0 heterocycles. The van der Waals surface area contributed by atoms with E-state index < -0.39 is 0 Å². The van der Waals surface area contributed by atoms with E-state index in [0.29, 0.717) is 11.8 Å². The number of hydrogen-bond acceptors (Lipinski definition) is 4. The number of carbonyl (C=O) groups excluding carboxylic acids is 1. The summed E-state index contributed by atoms with van der Waals surface area (Å²) >= 11 is 0. The Kier molecular flexibility index (Phi) is 4.34. The summed E-state index contributed by atoms with van der Waals surface area (Å²) in [6, 6.07) is 14.5. The second-order valence-electron chi connectivity index (χ2n) is 9.51. The van der Waals surface area contributed by atoms with Crippen LogP contribution in [0.2, 0.25) is 0 Å². The third kappa shape index (κ3) is 3.06. The summed E-state index contributed by atoms with van der Waals surface area (Å²) in [5.74, 6) is 1.97. The van der Waals surface area contributed by atoms with Gasteiger partial charge >= 0.3 is 0 Å². The van der Waals surface area contributed by atoms with E-state index in [1.807, 2.05) is 36.4 Å². The van der Waals surface area contributed by atoms with Crippen LogP contribution in [0.15, 0.2) is 48.5 Å². The van der Waals surface area contributed by atoms with E-state index in [1.54, 1.807) is 19.2 Å². The van der Waals surface area contributed by atoms with Gasteiger partial charge in [-0.3, -0.25) is 14.9 Å². The first-order valence-corrected chi connectivity index (χ1v) is 10.6. The van der Waals surface area contributed by atoms with Gasteiger partial charge in [0.25, 0.3) is 5.69 Å². The lowest BCUT2D eigenvalue weighted by Gasteiger charge is -2.61. The fraction of sp³-hybridized carbons (Fsp3) is 0.458. The molecule has 2 unspecified atom stereocenters. The van der Waals surface area contributed by atoms with Crippen molar-refractivity contribution in [1.82, 2.24) is 0 Å². The topological polar surface area (TPSA) is 81.5 Å². The second-order valence-corrected chi connectivity index (χ2v) is 9.51. The van der Waals surface area contributed by atoms with Crippen molar-refractivity contribution in [2.24, 2.45) is 17.3 Å². The van der Waals surface area contributed by atoms with Crippen molar-refractivity contribution >= 4 is 17.3 Å². The summed E-state index contributed by atoms with van der Waals surface area (Å²) in [5.41, 5.74) is 1.67. The number of nitro groups is 1. The number of ether oxygens (including phenoxy) is 1. The van der Waals surface area contributed by atoms with E-state index in [-0.39, 0.29) is 27.3 Å². The van der Waals surface area contributed by atoms with Gasteiger partial charge in [-0.15, -0.1) is 0 Å². The Hall–Kier alpha value is -2.89. The molecule has 4 saturated carbocycles. The van der Waals surface area contributed by atoms with Crippen LogP contribution in [-0.4, -0.2) is 17.9 Å². The van der Waals surface area contributed by atoms with Crippen LogP contribution >= 0.6 is 0 Å². The number of hydrogen-bond donors (Lipinski definition) is 1. The van der Waals surface area contributed by atoms with Crippen LogP contribution in [0.25, 0.3) is 0 Å². The number of nitrogens with zero attached hydrogens (tertiary/aromatic N) is 1. The molecule has 1 N–H and O–H groups in total. The Morgan fingerprint density at radius 3 is 2.23 bits per heavy atom. The van der Waals surface area contributed by atoms with E-state index in [9.17, 15) is 14.9 Å². The van der Waals surface area contributed by atoms with Crippen molar-refractivity contribution < 1.29 is 14.5 Å². The molecule has 0 saturated heterocycles. The zero-order chi connectivity index (χ0) is 20.9. The number of benzene rings is 2. The van der Waals surface area contributed by atoms with Crippen molar-refractivity contribution in [3.05, 3.63) is 64.2 Å². The van der Waals surface area contributed by atoms with Crippen molar-refractivity contribution in [2.45, 2.75) is 43.9 Å². The van der Waals surface area contributed by atoms with Crippen LogP contribution in [0.3, 0.4) is 0 Å². The van der Waals surface area contributed by atoms with Crippen molar-refractivity contribution in [2.75, 3.05) is 12.4 Å². The highest BCUT2D eigenvalue weighted by Crippen LogP contribution is 2.66. The average Bonchev–Trinajstić information content (AvgIpc) is 2.73. The Labute approximate surface area is 175 Å². The first-order chi connectivity index (χ1) is 14.4. The number of rotatable bonds is 5. The zero-order valence-corrected chi connectivity index (χ0v) is 17.1. The molecule has 4 fully saturated rings. The predicted molar refractivity (Wildman–Crippen MR) is 114 cm³/mol. The summed E-state index contributed by atoms with van der Waals surface area (Å²) in [5, 5.41) is 14.2. The van der Waals surface area contributed by atoms with Crippen LogP contribution in [0.4, 0.5) is 11.4 Å². The quantitative estimate of drug-likeness (QED) is 0.554. The van der Waals surface area contributed by atoms with Crippen molar-refractivity contribution in [3.8, 4) is 5.75 Å². The fourth-order valence-electron chi connectivity index (χ4n) is 6.74. The lowest BCUT2D eigenvalue weighted by Crippen LogP contribution is -2.57. The highest BCUT2D eigenvalue weighted by Gasteiger charge is 2.60. The van der Waals surface area contributed by atoms with Gasteiger partial charge in [0.15, 0.2) is 0 Å². The number of anilines is 1. The fourth-order valence-corrected chi connectivity index (χ4v) is 6.74. The summed E-state index contributed by atoms with van der Waals surface area (Å²) in [7, 11) is 1.63. The Bertz CT molecular complexity index is 969. The molecule has 30 heavy (non-hydrogen) atoms. The van der Waals surface area contributed by atoms with Crippen LogP contribution in [0, 0.1) is 27.4 Å². The summed E-state index contributed by atoms with van der Waals surface area (Å²) < 4.78 is 5.21. The van der Waals surface area contributed by atoms with E-state index >= 15 is 0 Å². The molecule has 1 amide bonds. The van der Waals surface area contributed by atoms with Crippen LogP contribution in [-0.2, 0) is 10.2 Å². The van der Waals surface area contributed by atoms with Gasteiger partial charge in [-0.05, 0) is 85.6 Å². The van der Waals surface area contributed by atoms with E-state index in [1.165, 1.54) is 6.42 Å². The zero-order valence-electron chi connectivity index (χ0n) is 17.1. The normalized spacial score (nSPS) is 31.4. The summed E-state index contributed by atoms with van der Waals surface area (Å²) in [6.07, 6.45) is 6.08. The minimum atomic E-state index is -0.355. The minimum Gasteiger partial charge on any atom is -0.497 e. The average molecular weight is 406 g/mol. The molecule has 4 aliphatic rings. The molecule has 0 radical (unpaired) electrons. The SMILES string of the molecule is COc1ccc(NC(=O)C23C[C@H]4C[C@@H](C2)CC(c2ccc([N+](=O)[O-])cc2)(C4)C3)cc1. The first kappa shape index (κ1) is 19.1. The molecular weight excluding hydrogens is 380 g/mol. The largest absolute Gasteiger partial charge is 0.497 e. The molecule has 6 nitrogen and oxygen atoms in total. The molecule has 4 aliphatic carbocycles. The molecule has 0 aliphatic heterocycles. The minimum absolute atomic E-state index is 0.0452. The number of nitrogens with one attached hydrogen (secondary N) is 1. The molecular formula is C24H26N2O4. The smallest absolute Gasteiger partial charge is 0.269 e. The Balaban J connectivity index is 1.43. The molecule has 156 valence electrons. The summed E-state index contributed by atoms with van der Waals surface area (Å²) in [4.78, 5) is 24.2. The lowest BCUT2D eigenvalue weighted by atomic mass is 9.42. The van der Waals surface area contributed by atoms with E-state index in [2.05, 4.69) is 5.32 Å². The number of nitro benzene ring substituents is 1. The maximum atomic E-state index is 13.5. The lowest BCUT2D eigenvalue weighted by molar-refractivity contribution is -0.384. The maximum Gasteiger partial charge on any atom is 0.269 e. The van der Waals surface area contributed by atoms with Gasteiger partial charge in [-0.2, -0.15) is 0 Å². The molecule has 6 heteroatoms. The predicted octanol–water partition coefficient (Wildman–Crippen LogP) is 5.08. The van der Waals surface area contributed by atoms with E-state index in [4.69, 9.17) is 4.74 Å². The molecule has 2 aromatic carbocycles. The second kappa shape index (κ2) is 6.83. The van der Waals surface area contributed by atoms with Gasteiger partial charge in [-0.25, -0.2) is 0 Å². The standard InChI is InChI=1S/C24H26N2O4/c1-30-21-8-4-19(5-9-21)25-22(27)24-13-16-10-17(14-24)12-23(11-16,15-24)18-2-6-20(7-3-18)26(28)29/h2-9,16-17H,10-15H2,1H3,(H,25,27)/t16-,17+,23?,24?. The van der Waals surface area contributed by atoms with Gasteiger partial charge in [-0.1, -0.05) is 12.1 Å². The van der Waals surface area contributed by atoms with Gasteiger partial charge in [0.1, 0.15) is 5.75 Å². The van der Waals surface area contributed by atoms with Crippen molar-refractivity contribution in [3.63, 3.8) is 0 Å². The molecule has 4 bridgehead atoms. The summed E-state index contributed by atoms with van der Waals surface area (Å²) in [6.45, 7) is 0. The van der Waals surface area contributed by atoms with Crippen molar-refractivity contribution in [1.29, 1.82) is 0 Å². The van der Waals surface area contributed by atoms with Gasteiger partial charge in [0.2, 0.25) is 5.91 Å². The Morgan fingerprint density at radius 2 is 1.67 bits per heavy atom. The third-order valence-corrected chi connectivity index (χ3v) is 7.58. The maximum absolute atomic E-state index is 13.5. The molecule has 0 aromatic heterocycles. The molecule has 6 rings (SSSR count). The number of non-ortho nitro benzene ring substituents is 1. The highest BCUT2D eigenvalue weighted by molar-refractivity contribution is 5.96. The van der Waals surface area contributed by atoms with Crippen LogP contribution in [0.1, 0.15) is 44.1 Å². The van der Waals surface area contributed by atoms with Crippen LogP contribution in [0.5, 0.6) is 5.75 Å². The first-order valence-electron chi connectivity index (χ1n) is 10.6. The van der Waals surface area contributed by atoms with Gasteiger partial charge < -0.3 is 10.1 Å². The molecule has 0 spiro atoms. The van der Waals surface area contributed by atoms with Gasteiger partial charge in [0.05, 0.1) is 17.4 Å². The molecule has 2 aromatic rings. The van der Waals surface area contributed by atoms with Crippen LogP contribution < -0.4 is 10.1 Å². The third-order valence-electron chi connectivity index (χ3n) is 7.58. The number of carbonyl (C=O) groups is 1.